The number of hydrogen-bond donors (Lipinski definition) is 1. The minimum absolute atomic E-state index is 0.324. The fraction of sp³-hybridized carbons (Fsp3) is 0.455. The van der Waals surface area contributed by atoms with Crippen LogP contribution in [-0.4, -0.2) is 51.4 Å². The predicted octanol–water partition coefficient (Wildman–Crippen LogP) is 5.16. The quantitative estimate of drug-likeness (QED) is 0.441. The van der Waals surface area contributed by atoms with Crippen LogP contribution in [0.1, 0.15) is 17.5 Å². The van der Waals surface area contributed by atoms with E-state index in [9.17, 15) is 0 Å². The van der Waals surface area contributed by atoms with Crippen LogP contribution in [0.5, 0.6) is 11.5 Å². The van der Waals surface area contributed by atoms with Gasteiger partial charge in [0.25, 0.3) is 0 Å². The van der Waals surface area contributed by atoms with Crippen molar-refractivity contribution in [2.24, 2.45) is 0 Å². The molecule has 1 saturated heterocycles. The van der Waals surface area contributed by atoms with E-state index < -0.39 is 0 Å². The first-order chi connectivity index (χ1) is 14.6. The molecule has 2 aromatic rings. The zero-order valence-electron chi connectivity index (χ0n) is 17.1. The smallest absolute Gasteiger partial charge is 0.175 e. The van der Waals surface area contributed by atoms with Crippen molar-refractivity contribution in [3.8, 4) is 11.5 Å². The number of nitrogens with one attached hydrogen (secondary N) is 1. The van der Waals surface area contributed by atoms with Crippen LogP contribution >= 0.6 is 39.1 Å². The molecule has 164 valence electrons. The number of methoxy groups -OCH3 is 1. The Bertz CT molecular complexity index is 832. The standard InChI is InChI=1S/C22H27BrCl2N2O3/c1-28-21-12-16(14-26-5-2-6-27-7-9-29-10-8-27)11-19(23)22(21)30-15-17-3-4-18(24)13-20(17)25/h3-4,11-13,26H,2,5-10,14-15H2,1H3. The minimum Gasteiger partial charge on any atom is -0.493 e. The molecule has 5 nitrogen and oxygen atoms in total. The van der Waals surface area contributed by atoms with Gasteiger partial charge in [-0.2, -0.15) is 0 Å². The summed E-state index contributed by atoms with van der Waals surface area (Å²) in [7, 11) is 1.64. The summed E-state index contributed by atoms with van der Waals surface area (Å²) in [6.07, 6.45) is 1.11. The lowest BCUT2D eigenvalue weighted by Gasteiger charge is -2.26. The van der Waals surface area contributed by atoms with Crippen molar-refractivity contribution >= 4 is 39.1 Å². The van der Waals surface area contributed by atoms with Gasteiger partial charge in [0.05, 0.1) is 24.8 Å². The second kappa shape index (κ2) is 12.1. The van der Waals surface area contributed by atoms with Crippen molar-refractivity contribution < 1.29 is 14.2 Å². The third kappa shape index (κ3) is 7.01. The Kier molecular flexibility index (Phi) is 9.56. The number of halogens is 3. The lowest BCUT2D eigenvalue weighted by molar-refractivity contribution is 0.0374. The first-order valence-electron chi connectivity index (χ1n) is 10.0. The summed E-state index contributed by atoms with van der Waals surface area (Å²) in [6, 6.07) is 9.42. The largest absolute Gasteiger partial charge is 0.493 e. The van der Waals surface area contributed by atoms with Crippen LogP contribution in [0.4, 0.5) is 0 Å². The van der Waals surface area contributed by atoms with Gasteiger partial charge in [-0.25, -0.2) is 0 Å². The molecule has 1 fully saturated rings. The number of morpholine rings is 1. The van der Waals surface area contributed by atoms with Crippen molar-refractivity contribution in [2.75, 3.05) is 46.5 Å². The number of ether oxygens (including phenoxy) is 3. The second-order valence-electron chi connectivity index (χ2n) is 7.12. The van der Waals surface area contributed by atoms with Crippen molar-refractivity contribution in [1.82, 2.24) is 10.2 Å². The molecule has 30 heavy (non-hydrogen) atoms. The van der Waals surface area contributed by atoms with E-state index in [1.165, 1.54) is 0 Å². The number of hydrogen-bond acceptors (Lipinski definition) is 5. The fourth-order valence-corrected chi connectivity index (χ4v) is 4.36. The Hall–Kier alpha value is -1.02. The molecule has 3 rings (SSSR count). The highest BCUT2D eigenvalue weighted by atomic mass is 79.9. The Morgan fingerprint density at radius 2 is 1.97 bits per heavy atom. The van der Waals surface area contributed by atoms with Crippen LogP contribution in [0.2, 0.25) is 10.0 Å². The highest BCUT2D eigenvalue weighted by Gasteiger charge is 2.13. The van der Waals surface area contributed by atoms with Gasteiger partial charge in [-0.05, 0) is 65.3 Å². The molecule has 0 spiro atoms. The molecule has 1 heterocycles. The third-order valence-electron chi connectivity index (χ3n) is 4.94. The van der Waals surface area contributed by atoms with Gasteiger partial charge in [-0.1, -0.05) is 29.3 Å². The zero-order chi connectivity index (χ0) is 21.3. The Morgan fingerprint density at radius 3 is 2.70 bits per heavy atom. The maximum absolute atomic E-state index is 6.24. The molecule has 0 atom stereocenters. The molecule has 0 bridgehead atoms. The van der Waals surface area contributed by atoms with Crippen LogP contribution in [-0.2, 0) is 17.9 Å². The average Bonchev–Trinajstić information content (AvgIpc) is 2.74. The van der Waals surface area contributed by atoms with E-state index in [4.69, 9.17) is 37.4 Å². The highest BCUT2D eigenvalue weighted by molar-refractivity contribution is 9.10. The summed E-state index contributed by atoms with van der Waals surface area (Å²) in [4.78, 5) is 2.45. The van der Waals surface area contributed by atoms with Gasteiger partial charge in [0.1, 0.15) is 6.61 Å². The monoisotopic (exact) mass is 516 g/mol. The first kappa shape index (κ1) is 23.6. The van der Waals surface area contributed by atoms with Crippen molar-refractivity contribution in [1.29, 1.82) is 0 Å². The average molecular weight is 518 g/mol. The molecule has 2 aromatic carbocycles. The maximum Gasteiger partial charge on any atom is 0.175 e. The van der Waals surface area contributed by atoms with E-state index in [0.717, 1.165) is 68.0 Å². The van der Waals surface area contributed by atoms with E-state index in [-0.39, 0.29) is 0 Å². The molecule has 0 radical (unpaired) electrons. The van der Waals surface area contributed by atoms with E-state index in [1.54, 1.807) is 19.2 Å². The molecular formula is C22H27BrCl2N2O3. The van der Waals surface area contributed by atoms with Crippen LogP contribution in [0.3, 0.4) is 0 Å². The summed E-state index contributed by atoms with van der Waals surface area (Å²) in [5.41, 5.74) is 1.99. The van der Waals surface area contributed by atoms with Gasteiger partial charge in [-0.15, -0.1) is 0 Å². The number of rotatable bonds is 10. The van der Waals surface area contributed by atoms with E-state index >= 15 is 0 Å². The van der Waals surface area contributed by atoms with Crippen LogP contribution in [0.25, 0.3) is 0 Å². The van der Waals surface area contributed by atoms with Crippen molar-refractivity contribution in [3.63, 3.8) is 0 Å². The minimum atomic E-state index is 0.324. The summed E-state index contributed by atoms with van der Waals surface area (Å²) in [6.45, 7) is 6.92. The summed E-state index contributed by atoms with van der Waals surface area (Å²) in [5, 5.41) is 4.69. The Morgan fingerprint density at radius 1 is 1.17 bits per heavy atom. The zero-order valence-corrected chi connectivity index (χ0v) is 20.2. The van der Waals surface area contributed by atoms with Gasteiger partial charge in [-0.3, -0.25) is 4.90 Å². The molecule has 1 aliphatic heterocycles. The van der Waals surface area contributed by atoms with Crippen molar-refractivity contribution in [2.45, 2.75) is 19.6 Å². The lowest BCUT2D eigenvalue weighted by atomic mass is 10.2. The highest BCUT2D eigenvalue weighted by Crippen LogP contribution is 2.37. The normalized spacial score (nSPS) is 14.7. The van der Waals surface area contributed by atoms with E-state index in [2.05, 4.69) is 32.2 Å². The third-order valence-corrected chi connectivity index (χ3v) is 6.11. The van der Waals surface area contributed by atoms with Gasteiger partial charge in [0.2, 0.25) is 0 Å². The van der Waals surface area contributed by atoms with Gasteiger partial charge >= 0.3 is 0 Å². The lowest BCUT2D eigenvalue weighted by Crippen LogP contribution is -2.37. The predicted molar refractivity (Wildman–Crippen MR) is 125 cm³/mol. The van der Waals surface area contributed by atoms with Crippen LogP contribution in [0.15, 0.2) is 34.8 Å². The molecule has 8 heteroatoms. The molecule has 0 aromatic heterocycles. The van der Waals surface area contributed by atoms with E-state index in [0.29, 0.717) is 28.2 Å². The van der Waals surface area contributed by atoms with Crippen LogP contribution < -0.4 is 14.8 Å². The second-order valence-corrected chi connectivity index (χ2v) is 8.82. The molecule has 0 amide bonds. The summed E-state index contributed by atoms with van der Waals surface area (Å²) < 4.78 is 17.8. The van der Waals surface area contributed by atoms with Crippen molar-refractivity contribution in [3.05, 3.63) is 56.0 Å². The van der Waals surface area contributed by atoms with E-state index in [1.807, 2.05) is 12.1 Å². The topological polar surface area (TPSA) is 43.0 Å². The number of nitrogens with zero attached hydrogens (tertiary/aromatic N) is 1. The van der Waals surface area contributed by atoms with Gasteiger partial charge < -0.3 is 19.5 Å². The summed E-state index contributed by atoms with van der Waals surface area (Å²) in [5.74, 6) is 1.33. The Labute approximate surface area is 196 Å². The molecular weight excluding hydrogens is 491 g/mol. The van der Waals surface area contributed by atoms with Gasteiger partial charge in [0, 0.05) is 35.2 Å². The molecule has 1 aliphatic rings. The first-order valence-corrected chi connectivity index (χ1v) is 11.6. The Balaban J connectivity index is 1.51. The fourth-order valence-electron chi connectivity index (χ4n) is 3.29. The SMILES string of the molecule is COc1cc(CNCCCN2CCOCC2)cc(Br)c1OCc1ccc(Cl)cc1Cl. The molecule has 1 N–H and O–H groups in total. The summed E-state index contributed by atoms with van der Waals surface area (Å²) >= 11 is 15.8. The molecule has 0 unspecified atom stereocenters. The maximum atomic E-state index is 6.24. The molecule has 0 aliphatic carbocycles. The molecule has 0 saturated carbocycles. The number of benzene rings is 2. The van der Waals surface area contributed by atoms with Crippen LogP contribution in [0, 0.1) is 0 Å². The van der Waals surface area contributed by atoms with Gasteiger partial charge in [0.15, 0.2) is 11.5 Å².